The molecule has 0 saturated carbocycles. The number of benzene rings is 1. The van der Waals surface area contributed by atoms with Crippen LogP contribution < -0.4 is 10.1 Å². The summed E-state index contributed by atoms with van der Waals surface area (Å²) in [6.07, 6.45) is 1.67. The van der Waals surface area contributed by atoms with Gasteiger partial charge in [0.05, 0.1) is 12.1 Å². The largest absolute Gasteiger partial charge is 0.495 e. The van der Waals surface area contributed by atoms with E-state index in [4.69, 9.17) is 22.9 Å². The van der Waals surface area contributed by atoms with E-state index in [9.17, 15) is 0 Å². The highest BCUT2D eigenvalue weighted by Crippen LogP contribution is 2.38. The van der Waals surface area contributed by atoms with Gasteiger partial charge in [-0.15, -0.1) is 0 Å². The molecule has 17 heavy (non-hydrogen) atoms. The van der Waals surface area contributed by atoms with Crippen LogP contribution >= 0.6 is 11.6 Å². The zero-order valence-electron chi connectivity index (χ0n) is 9.79. The van der Waals surface area contributed by atoms with Gasteiger partial charge in [0.15, 0.2) is 0 Å². The van der Waals surface area contributed by atoms with Crippen LogP contribution in [0.1, 0.15) is 18.4 Å². The fourth-order valence-electron chi connectivity index (χ4n) is 2.25. The normalized spacial score (nSPS) is 18.4. The van der Waals surface area contributed by atoms with Gasteiger partial charge in [-0.1, -0.05) is 11.6 Å². The summed E-state index contributed by atoms with van der Waals surface area (Å²) in [6.45, 7) is 9.25. The highest BCUT2D eigenvalue weighted by Gasteiger charge is 2.40. The van der Waals surface area contributed by atoms with Crippen LogP contribution in [0.25, 0.3) is 4.85 Å². The first-order valence-electron chi connectivity index (χ1n) is 5.65. The molecule has 0 unspecified atom stereocenters. The highest BCUT2D eigenvalue weighted by atomic mass is 35.5. The van der Waals surface area contributed by atoms with Gasteiger partial charge in [-0.3, -0.25) is 0 Å². The lowest BCUT2D eigenvalue weighted by Gasteiger charge is -2.27. The van der Waals surface area contributed by atoms with E-state index in [1.165, 1.54) is 0 Å². The van der Waals surface area contributed by atoms with E-state index in [0.29, 0.717) is 10.8 Å². The fourth-order valence-corrected chi connectivity index (χ4v) is 2.45. The van der Waals surface area contributed by atoms with Crippen molar-refractivity contribution < 1.29 is 4.74 Å². The fraction of sp³-hybridized carbons (Fsp3) is 0.462. The molecule has 1 saturated heterocycles. The van der Waals surface area contributed by atoms with Crippen LogP contribution in [0.15, 0.2) is 18.2 Å². The van der Waals surface area contributed by atoms with Crippen LogP contribution in [0.5, 0.6) is 5.75 Å². The van der Waals surface area contributed by atoms with Crippen molar-refractivity contribution >= 4 is 11.6 Å². The molecule has 0 atom stereocenters. The predicted molar refractivity (Wildman–Crippen MR) is 68.4 cm³/mol. The van der Waals surface area contributed by atoms with E-state index in [1.807, 2.05) is 18.2 Å². The number of halogens is 1. The Hall–Kier alpha value is -1.24. The Morgan fingerprint density at radius 2 is 2.12 bits per heavy atom. The van der Waals surface area contributed by atoms with Crippen LogP contribution in [-0.4, -0.2) is 20.2 Å². The maximum absolute atomic E-state index is 7.49. The quantitative estimate of drug-likeness (QED) is 0.817. The second-order valence-corrected chi connectivity index (χ2v) is 4.65. The lowest BCUT2D eigenvalue weighted by Crippen LogP contribution is -2.37. The molecule has 4 heteroatoms. The molecule has 0 spiro atoms. The molecule has 1 fully saturated rings. The lowest BCUT2D eigenvalue weighted by molar-refractivity contribution is 0.366. The third-order valence-corrected chi connectivity index (χ3v) is 3.65. The number of rotatable bonds is 2. The molecule has 90 valence electrons. The Bertz CT molecular complexity index is 447. The molecule has 0 aliphatic carbocycles. The van der Waals surface area contributed by atoms with Gasteiger partial charge >= 0.3 is 0 Å². The van der Waals surface area contributed by atoms with Gasteiger partial charge in [0.2, 0.25) is 0 Å². The molecule has 1 N–H and O–H groups in total. The molecule has 1 aliphatic heterocycles. The summed E-state index contributed by atoms with van der Waals surface area (Å²) in [5.41, 5.74) is 0.596. The zero-order valence-corrected chi connectivity index (χ0v) is 10.5. The summed E-state index contributed by atoms with van der Waals surface area (Å²) in [5, 5.41) is 3.87. The molecular weight excluding hydrogens is 236 g/mol. The first-order valence-corrected chi connectivity index (χ1v) is 6.03. The zero-order chi connectivity index (χ0) is 12.3. The molecule has 0 radical (unpaired) electrons. The smallest absolute Gasteiger partial charge is 0.260 e. The summed E-state index contributed by atoms with van der Waals surface area (Å²) >= 11 is 6.01. The van der Waals surface area contributed by atoms with Crippen molar-refractivity contribution in [2.24, 2.45) is 0 Å². The summed E-state index contributed by atoms with van der Waals surface area (Å²) in [5.74, 6) is 0.644. The standard InChI is InChI=1S/C13H15ClN2O/c1-15-13(5-7-16-8-6-13)10-3-4-11(14)12(9-10)17-2/h3-4,9,16H,5-8H2,2H3. The van der Waals surface area contributed by atoms with E-state index in [0.717, 1.165) is 31.5 Å². The molecule has 0 bridgehead atoms. The molecule has 1 aromatic carbocycles. The number of nitrogens with one attached hydrogen (secondary N) is 1. The van der Waals surface area contributed by atoms with Crippen molar-refractivity contribution in [1.82, 2.24) is 5.32 Å². The second-order valence-electron chi connectivity index (χ2n) is 4.24. The number of nitrogens with zero attached hydrogens (tertiary/aromatic N) is 1. The first-order chi connectivity index (χ1) is 8.22. The first kappa shape index (κ1) is 12.2. The van der Waals surface area contributed by atoms with Crippen LogP contribution in [0.2, 0.25) is 5.02 Å². The van der Waals surface area contributed by atoms with Gasteiger partial charge in [0.25, 0.3) is 5.54 Å². The van der Waals surface area contributed by atoms with E-state index in [2.05, 4.69) is 10.2 Å². The van der Waals surface area contributed by atoms with E-state index in [1.54, 1.807) is 7.11 Å². The molecule has 0 aromatic heterocycles. The van der Waals surface area contributed by atoms with Crippen LogP contribution in [0.3, 0.4) is 0 Å². The van der Waals surface area contributed by atoms with Crippen molar-refractivity contribution in [1.29, 1.82) is 0 Å². The van der Waals surface area contributed by atoms with Crippen LogP contribution in [0.4, 0.5) is 0 Å². The van der Waals surface area contributed by atoms with Crippen molar-refractivity contribution in [2.75, 3.05) is 20.2 Å². The predicted octanol–water partition coefficient (Wildman–Crippen LogP) is 2.85. The molecule has 1 aromatic rings. The lowest BCUT2D eigenvalue weighted by atomic mass is 9.82. The number of ether oxygens (including phenoxy) is 1. The average Bonchev–Trinajstić information content (AvgIpc) is 2.40. The van der Waals surface area contributed by atoms with E-state index >= 15 is 0 Å². The van der Waals surface area contributed by atoms with Crippen molar-refractivity contribution in [2.45, 2.75) is 18.4 Å². The van der Waals surface area contributed by atoms with Gasteiger partial charge in [0.1, 0.15) is 5.75 Å². The Labute approximate surface area is 107 Å². The Balaban J connectivity index is 2.40. The molecular formula is C13H15ClN2O. The summed E-state index contributed by atoms with van der Waals surface area (Å²) < 4.78 is 5.22. The van der Waals surface area contributed by atoms with Crippen molar-refractivity contribution in [3.63, 3.8) is 0 Å². The van der Waals surface area contributed by atoms with Gasteiger partial charge in [-0.05, 0) is 18.2 Å². The maximum Gasteiger partial charge on any atom is 0.260 e. The summed E-state index contributed by atoms with van der Waals surface area (Å²) in [7, 11) is 1.60. The topological polar surface area (TPSA) is 25.6 Å². The number of methoxy groups -OCH3 is 1. The minimum Gasteiger partial charge on any atom is -0.495 e. The van der Waals surface area contributed by atoms with Gasteiger partial charge in [-0.25, -0.2) is 6.57 Å². The summed E-state index contributed by atoms with van der Waals surface area (Å²) in [4.78, 5) is 3.87. The van der Waals surface area contributed by atoms with Gasteiger partial charge in [0, 0.05) is 31.5 Å². The van der Waals surface area contributed by atoms with E-state index < -0.39 is 5.54 Å². The second kappa shape index (κ2) is 4.95. The maximum atomic E-state index is 7.49. The number of piperidine rings is 1. The van der Waals surface area contributed by atoms with Crippen LogP contribution in [-0.2, 0) is 5.54 Å². The minimum absolute atomic E-state index is 0.414. The highest BCUT2D eigenvalue weighted by molar-refractivity contribution is 6.32. The average molecular weight is 251 g/mol. The monoisotopic (exact) mass is 250 g/mol. The Kier molecular flexibility index (Phi) is 3.56. The molecule has 1 aliphatic rings. The van der Waals surface area contributed by atoms with Crippen molar-refractivity contribution in [3.05, 3.63) is 40.2 Å². The minimum atomic E-state index is -0.414. The third-order valence-electron chi connectivity index (χ3n) is 3.33. The number of hydrogen-bond acceptors (Lipinski definition) is 2. The Morgan fingerprint density at radius 3 is 2.71 bits per heavy atom. The van der Waals surface area contributed by atoms with Gasteiger partial charge < -0.3 is 14.9 Å². The molecule has 1 heterocycles. The Morgan fingerprint density at radius 1 is 1.41 bits per heavy atom. The third kappa shape index (κ3) is 2.24. The van der Waals surface area contributed by atoms with E-state index in [-0.39, 0.29) is 0 Å². The van der Waals surface area contributed by atoms with Crippen molar-refractivity contribution in [3.8, 4) is 5.75 Å². The van der Waals surface area contributed by atoms with Crippen LogP contribution in [0, 0.1) is 6.57 Å². The van der Waals surface area contributed by atoms with Gasteiger partial charge in [-0.2, -0.15) is 0 Å². The summed E-state index contributed by atoms with van der Waals surface area (Å²) in [6, 6.07) is 5.64. The molecule has 2 rings (SSSR count). The molecule has 0 amide bonds. The number of hydrogen-bond donors (Lipinski definition) is 1. The molecule has 3 nitrogen and oxygen atoms in total. The SMILES string of the molecule is [C-]#[N+]C1(c2ccc(Cl)c(OC)c2)CCNCC1.